The molecular formula is C15H15FN2O2S. The van der Waals surface area contributed by atoms with Crippen molar-refractivity contribution in [1.82, 2.24) is 5.43 Å². The fraction of sp³-hybridized carbons (Fsp3) is 0.200. The van der Waals surface area contributed by atoms with Crippen molar-refractivity contribution in [1.29, 1.82) is 0 Å². The van der Waals surface area contributed by atoms with Crippen LogP contribution in [0.5, 0.6) is 5.75 Å². The van der Waals surface area contributed by atoms with Gasteiger partial charge in [0.05, 0.1) is 10.6 Å². The van der Waals surface area contributed by atoms with E-state index in [0.29, 0.717) is 6.42 Å². The average Bonchev–Trinajstić information content (AvgIpc) is 3.01. The van der Waals surface area contributed by atoms with Gasteiger partial charge in [-0.1, -0.05) is 25.1 Å². The van der Waals surface area contributed by atoms with Crippen LogP contribution >= 0.6 is 11.3 Å². The molecule has 0 aliphatic carbocycles. The number of amides is 1. The first kappa shape index (κ1) is 15.2. The van der Waals surface area contributed by atoms with Gasteiger partial charge in [-0.05, 0) is 30.0 Å². The van der Waals surface area contributed by atoms with Crippen LogP contribution in [-0.2, 0) is 4.79 Å². The van der Waals surface area contributed by atoms with Gasteiger partial charge in [0.1, 0.15) is 0 Å². The Balaban J connectivity index is 1.89. The fourth-order valence-electron chi connectivity index (χ4n) is 1.62. The lowest BCUT2D eigenvalue weighted by Crippen LogP contribution is -2.26. The predicted molar refractivity (Wildman–Crippen MR) is 81.2 cm³/mol. The summed E-state index contributed by atoms with van der Waals surface area (Å²) in [6.07, 6.45) is 0.703. The molecule has 0 aliphatic rings. The maximum Gasteiger partial charge on any atom is 0.277 e. The van der Waals surface area contributed by atoms with E-state index in [1.165, 1.54) is 12.1 Å². The molecule has 2 aromatic rings. The summed E-state index contributed by atoms with van der Waals surface area (Å²) in [6.45, 7) is 1.67. The zero-order chi connectivity index (χ0) is 15.1. The van der Waals surface area contributed by atoms with Crippen LogP contribution in [0.15, 0.2) is 46.9 Å². The summed E-state index contributed by atoms with van der Waals surface area (Å²) in [5.74, 6) is -0.881. The van der Waals surface area contributed by atoms with Gasteiger partial charge >= 0.3 is 0 Å². The first-order valence-corrected chi connectivity index (χ1v) is 7.35. The minimum absolute atomic E-state index is 0.0469. The molecule has 1 aromatic carbocycles. The molecule has 0 unspecified atom stereocenters. The molecule has 1 aromatic heterocycles. The van der Waals surface area contributed by atoms with Gasteiger partial charge in [-0.15, -0.1) is 11.3 Å². The third-order valence-electron chi connectivity index (χ3n) is 2.65. The topological polar surface area (TPSA) is 50.7 Å². The number of carbonyl (C=O) groups is 1. The second-order valence-electron chi connectivity index (χ2n) is 4.14. The Morgan fingerprint density at radius 1 is 1.33 bits per heavy atom. The first-order valence-electron chi connectivity index (χ1n) is 6.47. The minimum atomic E-state index is -0.498. The van der Waals surface area contributed by atoms with E-state index in [1.807, 2.05) is 24.4 Å². The number of para-hydroxylation sites is 1. The molecule has 6 heteroatoms. The zero-order valence-corrected chi connectivity index (χ0v) is 12.3. The van der Waals surface area contributed by atoms with Crippen LogP contribution in [-0.4, -0.2) is 18.2 Å². The summed E-state index contributed by atoms with van der Waals surface area (Å²) in [6, 6.07) is 9.80. The van der Waals surface area contributed by atoms with E-state index >= 15 is 0 Å². The Morgan fingerprint density at radius 3 is 2.81 bits per heavy atom. The molecule has 0 radical (unpaired) electrons. The van der Waals surface area contributed by atoms with Crippen molar-refractivity contribution in [2.24, 2.45) is 5.10 Å². The molecule has 1 heterocycles. The van der Waals surface area contributed by atoms with Gasteiger partial charge in [-0.3, -0.25) is 4.79 Å². The quantitative estimate of drug-likeness (QED) is 0.658. The van der Waals surface area contributed by atoms with Gasteiger partial charge in [-0.2, -0.15) is 5.10 Å². The van der Waals surface area contributed by atoms with Crippen molar-refractivity contribution in [3.05, 3.63) is 52.5 Å². The maximum atomic E-state index is 13.3. The standard InChI is InChI=1S/C15H15FN2O2S/c1-2-12(14-8-5-9-21-14)17-18-15(19)10-20-13-7-4-3-6-11(13)16/h3-9H,2,10H2,1H3,(H,18,19)/b17-12-. The number of rotatable bonds is 6. The van der Waals surface area contributed by atoms with Gasteiger partial charge in [0.2, 0.25) is 0 Å². The molecule has 0 fully saturated rings. The van der Waals surface area contributed by atoms with Gasteiger partial charge < -0.3 is 4.74 Å². The normalized spacial score (nSPS) is 11.2. The largest absolute Gasteiger partial charge is 0.481 e. The van der Waals surface area contributed by atoms with Crippen LogP contribution in [0.4, 0.5) is 4.39 Å². The summed E-state index contributed by atoms with van der Waals surface area (Å²) in [7, 11) is 0. The van der Waals surface area contributed by atoms with Crippen molar-refractivity contribution in [3.8, 4) is 5.75 Å². The Hall–Kier alpha value is -2.21. The molecule has 0 spiro atoms. The van der Waals surface area contributed by atoms with Crippen molar-refractivity contribution in [2.75, 3.05) is 6.61 Å². The lowest BCUT2D eigenvalue weighted by molar-refractivity contribution is -0.123. The smallest absolute Gasteiger partial charge is 0.277 e. The summed E-state index contributed by atoms with van der Waals surface area (Å²) >= 11 is 1.56. The van der Waals surface area contributed by atoms with Crippen molar-refractivity contribution >= 4 is 23.0 Å². The van der Waals surface area contributed by atoms with E-state index in [1.54, 1.807) is 23.5 Å². The Bertz CT molecular complexity index is 626. The molecule has 110 valence electrons. The van der Waals surface area contributed by atoms with Crippen LogP contribution in [0.3, 0.4) is 0 Å². The van der Waals surface area contributed by atoms with Crippen LogP contribution in [0, 0.1) is 5.82 Å². The third kappa shape index (κ3) is 4.39. The van der Waals surface area contributed by atoms with Crippen LogP contribution in [0.25, 0.3) is 0 Å². The van der Waals surface area contributed by atoms with Crippen molar-refractivity contribution < 1.29 is 13.9 Å². The van der Waals surface area contributed by atoms with E-state index in [9.17, 15) is 9.18 Å². The predicted octanol–water partition coefficient (Wildman–Crippen LogP) is 3.20. The Morgan fingerprint density at radius 2 is 2.14 bits per heavy atom. The second-order valence-corrected chi connectivity index (χ2v) is 5.09. The molecule has 4 nitrogen and oxygen atoms in total. The number of nitrogens with zero attached hydrogens (tertiary/aromatic N) is 1. The van der Waals surface area contributed by atoms with Gasteiger partial charge in [0.15, 0.2) is 18.2 Å². The number of thiophene rings is 1. The Kier molecular flexibility index (Phi) is 5.45. The SMILES string of the molecule is CC/C(=N/NC(=O)COc1ccccc1F)c1cccs1. The lowest BCUT2D eigenvalue weighted by Gasteiger charge is -2.06. The van der Waals surface area contributed by atoms with Crippen LogP contribution in [0.1, 0.15) is 18.2 Å². The number of halogens is 1. The van der Waals surface area contributed by atoms with Gasteiger partial charge in [0.25, 0.3) is 5.91 Å². The Labute approximate surface area is 126 Å². The number of hydrogen-bond donors (Lipinski definition) is 1. The van der Waals surface area contributed by atoms with Crippen LogP contribution in [0.2, 0.25) is 0 Å². The molecule has 0 saturated heterocycles. The van der Waals surface area contributed by atoms with E-state index in [-0.39, 0.29) is 12.4 Å². The van der Waals surface area contributed by atoms with E-state index < -0.39 is 11.7 Å². The molecule has 0 aliphatic heterocycles. The summed E-state index contributed by atoms with van der Waals surface area (Å²) < 4.78 is 18.4. The summed E-state index contributed by atoms with van der Waals surface area (Å²) in [4.78, 5) is 12.7. The summed E-state index contributed by atoms with van der Waals surface area (Å²) in [5.41, 5.74) is 3.22. The van der Waals surface area contributed by atoms with Gasteiger partial charge in [-0.25, -0.2) is 9.82 Å². The fourth-order valence-corrected chi connectivity index (χ4v) is 2.41. The highest BCUT2D eigenvalue weighted by Gasteiger charge is 2.07. The third-order valence-corrected chi connectivity index (χ3v) is 3.57. The van der Waals surface area contributed by atoms with Crippen molar-refractivity contribution in [3.63, 3.8) is 0 Å². The first-order chi connectivity index (χ1) is 10.2. The molecule has 0 bridgehead atoms. The number of nitrogens with one attached hydrogen (secondary N) is 1. The second kappa shape index (κ2) is 7.54. The molecule has 1 amide bonds. The van der Waals surface area contributed by atoms with Crippen molar-refractivity contribution in [2.45, 2.75) is 13.3 Å². The van der Waals surface area contributed by atoms with E-state index in [4.69, 9.17) is 4.74 Å². The van der Waals surface area contributed by atoms with E-state index in [2.05, 4.69) is 10.5 Å². The molecule has 1 N–H and O–H groups in total. The van der Waals surface area contributed by atoms with Crippen LogP contribution < -0.4 is 10.2 Å². The highest BCUT2D eigenvalue weighted by atomic mass is 32.1. The minimum Gasteiger partial charge on any atom is -0.481 e. The lowest BCUT2D eigenvalue weighted by atomic mass is 10.2. The van der Waals surface area contributed by atoms with E-state index in [0.717, 1.165) is 10.6 Å². The molecular weight excluding hydrogens is 291 g/mol. The number of hydrogen-bond acceptors (Lipinski definition) is 4. The molecule has 21 heavy (non-hydrogen) atoms. The maximum absolute atomic E-state index is 13.3. The highest BCUT2D eigenvalue weighted by molar-refractivity contribution is 7.12. The number of ether oxygens (including phenoxy) is 1. The monoisotopic (exact) mass is 306 g/mol. The number of carbonyl (C=O) groups excluding carboxylic acids is 1. The molecule has 0 atom stereocenters. The zero-order valence-electron chi connectivity index (χ0n) is 11.5. The molecule has 2 rings (SSSR count). The summed E-state index contributed by atoms with van der Waals surface area (Å²) in [5, 5.41) is 6.02. The van der Waals surface area contributed by atoms with Gasteiger partial charge in [0, 0.05) is 0 Å². The molecule has 0 saturated carbocycles. The average molecular weight is 306 g/mol. The number of hydrazone groups is 1. The highest BCUT2D eigenvalue weighted by Crippen LogP contribution is 2.15. The number of benzene rings is 1.